The van der Waals surface area contributed by atoms with Crippen molar-refractivity contribution >= 4 is 28.1 Å². The van der Waals surface area contributed by atoms with Gasteiger partial charge in [-0.15, -0.1) is 0 Å². The van der Waals surface area contributed by atoms with Crippen molar-refractivity contribution in [2.24, 2.45) is 0 Å². The van der Waals surface area contributed by atoms with Crippen molar-refractivity contribution < 1.29 is 4.39 Å². The van der Waals surface area contributed by atoms with Crippen LogP contribution in [0.4, 0.5) is 4.39 Å². The Morgan fingerprint density at radius 1 is 1.18 bits per heavy atom. The van der Waals surface area contributed by atoms with E-state index >= 15 is 0 Å². The molecule has 0 fully saturated rings. The SMILES string of the molecule is CCCC=C(Cn1c2c(c3cc(Cl)ccc31)CN(C)CC2)c1ccc(F)cc1. The van der Waals surface area contributed by atoms with Crippen LogP contribution in [0.15, 0.2) is 48.5 Å². The van der Waals surface area contributed by atoms with Crippen LogP contribution in [-0.4, -0.2) is 23.1 Å². The second kappa shape index (κ2) is 8.10. The molecule has 28 heavy (non-hydrogen) atoms. The van der Waals surface area contributed by atoms with Gasteiger partial charge in [0.25, 0.3) is 0 Å². The molecular weight excluding hydrogens is 371 g/mol. The smallest absolute Gasteiger partial charge is 0.123 e. The van der Waals surface area contributed by atoms with Gasteiger partial charge < -0.3 is 9.47 Å². The number of benzene rings is 2. The summed E-state index contributed by atoms with van der Waals surface area (Å²) >= 11 is 6.32. The minimum atomic E-state index is -0.194. The topological polar surface area (TPSA) is 8.17 Å². The summed E-state index contributed by atoms with van der Waals surface area (Å²) in [5.41, 5.74) is 6.36. The van der Waals surface area contributed by atoms with Gasteiger partial charge in [0.2, 0.25) is 0 Å². The highest BCUT2D eigenvalue weighted by atomic mass is 35.5. The molecular formula is C24H26ClFN2. The van der Waals surface area contributed by atoms with Gasteiger partial charge in [-0.25, -0.2) is 4.39 Å². The van der Waals surface area contributed by atoms with Crippen LogP contribution in [-0.2, 0) is 19.5 Å². The Morgan fingerprint density at radius 2 is 1.96 bits per heavy atom. The van der Waals surface area contributed by atoms with Crippen molar-refractivity contribution in [1.29, 1.82) is 0 Å². The van der Waals surface area contributed by atoms with Crippen molar-refractivity contribution in [2.45, 2.75) is 39.3 Å². The first-order valence-corrected chi connectivity index (χ1v) is 10.4. The van der Waals surface area contributed by atoms with Gasteiger partial charge in [-0.1, -0.05) is 43.2 Å². The fourth-order valence-electron chi connectivity index (χ4n) is 4.16. The summed E-state index contributed by atoms with van der Waals surface area (Å²) in [6.45, 7) is 4.98. The number of likely N-dealkylation sites (N-methyl/N-ethyl adjacent to an activating group) is 1. The van der Waals surface area contributed by atoms with Crippen LogP contribution in [0.3, 0.4) is 0 Å². The molecule has 1 aliphatic rings. The molecule has 0 atom stereocenters. The van der Waals surface area contributed by atoms with Crippen LogP contribution in [0.2, 0.25) is 5.02 Å². The quantitative estimate of drug-likeness (QED) is 0.491. The van der Waals surface area contributed by atoms with E-state index in [1.54, 1.807) is 12.1 Å². The van der Waals surface area contributed by atoms with Gasteiger partial charge in [-0.3, -0.25) is 0 Å². The van der Waals surface area contributed by atoms with Gasteiger partial charge in [-0.05, 0) is 60.5 Å². The third-order valence-electron chi connectivity index (χ3n) is 5.63. The molecule has 0 bridgehead atoms. The molecule has 4 heteroatoms. The lowest BCUT2D eigenvalue weighted by atomic mass is 10.0. The molecule has 0 spiro atoms. The Morgan fingerprint density at radius 3 is 2.71 bits per heavy atom. The standard InChI is InChI=1S/C24H26ClFN2/c1-3-4-5-18(17-6-9-20(26)10-7-17)15-28-23-11-8-19(25)14-21(23)22-16-27(2)13-12-24(22)28/h5-11,14H,3-4,12-13,15-16H2,1-2H3. The highest BCUT2D eigenvalue weighted by Crippen LogP contribution is 2.34. The number of halogens is 2. The van der Waals surface area contributed by atoms with Crippen LogP contribution >= 0.6 is 11.6 Å². The summed E-state index contributed by atoms with van der Waals surface area (Å²) in [5, 5.41) is 2.03. The van der Waals surface area contributed by atoms with Gasteiger partial charge in [0.1, 0.15) is 5.82 Å². The van der Waals surface area contributed by atoms with Gasteiger partial charge in [0.15, 0.2) is 0 Å². The Balaban J connectivity index is 1.82. The number of nitrogens with zero attached hydrogens (tertiary/aromatic N) is 2. The summed E-state index contributed by atoms with van der Waals surface area (Å²) in [6, 6.07) is 13.1. The van der Waals surface area contributed by atoms with Crippen LogP contribution in [0.1, 0.15) is 36.6 Å². The molecule has 2 heterocycles. The predicted octanol–water partition coefficient (Wildman–Crippen LogP) is 6.31. The van der Waals surface area contributed by atoms with Gasteiger partial charge in [0.05, 0.1) is 0 Å². The van der Waals surface area contributed by atoms with E-state index in [-0.39, 0.29) is 5.82 Å². The number of allylic oxidation sites excluding steroid dienone is 2. The Kier molecular flexibility index (Phi) is 5.56. The number of fused-ring (bicyclic) bond motifs is 3. The molecule has 0 unspecified atom stereocenters. The maximum Gasteiger partial charge on any atom is 0.123 e. The van der Waals surface area contributed by atoms with E-state index in [1.165, 1.54) is 27.7 Å². The molecule has 2 nitrogen and oxygen atoms in total. The fourth-order valence-corrected chi connectivity index (χ4v) is 4.34. The molecule has 1 aliphatic heterocycles. The maximum absolute atomic E-state index is 13.4. The number of rotatable bonds is 5. The van der Waals surface area contributed by atoms with E-state index < -0.39 is 0 Å². The molecule has 0 radical (unpaired) electrons. The lowest BCUT2D eigenvalue weighted by Crippen LogP contribution is -2.27. The lowest BCUT2D eigenvalue weighted by molar-refractivity contribution is 0.310. The van der Waals surface area contributed by atoms with E-state index in [2.05, 4.69) is 41.6 Å². The monoisotopic (exact) mass is 396 g/mol. The van der Waals surface area contributed by atoms with E-state index in [0.29, 0.717) is 0 Å². The summed E-state index contributed by atoms with van der Waals surface area (Å²) in [4.78, 5) is 2.36. The third kappa shape index (κ3) is 3.74. The number of aromatic nitrogens is 1. The lowest BCUT2D eigenvalue weighted by Gasteiger charge is -2.24. The second-order valence-electron chi connectivity index (χ2n) is 7.69. The average Bonchev–Trinajstić information content (AvgIpc) is 2.98. The first kappa shape index (κ1) is 19.2. The van der Waals surface area contributed by atoms with Crippen LogP contribution < -0.4 is 0 Å². The maximum atomic E-state index is 13.4. The first-order valence-electron chi connectivity index (χ1n) is 10.00. The number of hydrogen-bond donors (Lipinski definition) is 0. The fraction of sp³-hybridized carbons (Fsp3) is 0.333. The first-order chi connectivity index (χ1) is 13.6. The van der Waals surface area contributed by atoms with Crippen molar-refractivity contribution in [3.8, 4) is 0 Å². The average molecular weight is 397 g/mol. The number of unbranched alkanes of at least 4 members (excludes halogenated alkanes) is 1. The van der Waals surface area contributed by atoms with Crippen LogP contribution in [0.5, 0.6) is 0 Å². The zero-order valence-corrected chi connectivity index (χ0v) is 17.3. The van der Waals surface area contributed by atoms with Crippen molar-refractivity contribution in [1.82, 2.24) is 9.47 Å². The molecule has 0 amide bonds. The molecule has 0 N–H and O–H groups in total. The molecule has 4 rings (SSSR count). The Bertz CT molecular complexity index is 1020. The Labute approximate surface area is 171 Å². The normalized spacial score (nSPS) is 15.2. The highest BCUT2D eigenvalue weighted by molar-refractivity contribution is 6.31. The van der Waals surface area contributed by atoms with Crippen molar-refractivity contribution in [3.05, 3.63) is 76.2 Å². The number of hydrogen-bond acceptors (Lipinski definition) is 1. The zero-order valence-electron chi connectivity index (χ0n) is 16.5. The van der Waals surface area contributed by atoms with Crippen LogP contribution in [0, 0.1) is 5.82 Å². The van der Waals surface area contributed by atoms with E-state index in [0.717, 1.165) is 49.5 Å². The predicted molar refractivity (Wildman–Crippen MR) is 116 cm³/mol. The van der Waals surface area contributed by atoms with E-state index in [1.807, 2.05) is 18.2 Å². The van der Waals surface area contributed by atoms with Crippen molar-refractivity contribution in [3.63, 3.8) is 0 Å². The molecule has 0 saturated carbocycles. The molecule has 1 aromatic heterocycles. The van der Waals surface area contributed by atoms with E-state index in [9.17, 15) is 4.39 Å². The summed E-state index contributed by atoms with van der Waals surface area (Å²) in [7, 11) is 2.17. The third-order valence-corrected chi connectivity index (χ3v) is 5.87. The Hall–Kier alpha value is -2.10. The minimum absolute atomic E-state index is 0.194. The van der Waals surface area contributed by atoms with Gasteiger partial charge in [-0.2, -0.15) is 0 Å². The van der Waals surface area contributed by atoms with E-state index in [4.69, 9.17) is 11.6 Å². The van der Waals surface area contributed by atoms with Crippen molar-refractivity contribution in [2.75, 3.05) is 13.6 Å². The summed E-state index contributed by atoms with van der Waals surface area (Å²) in [5.74, 6) is -0.194. The molecule has 3 aromatic rings. The summed E-state index contributed by atoms with van der Waals surface area (Å²) < 4.78 is 15.9. The zero-order chi connectivity index (χ0) is 19.7. The largest absolute Gasteiger partial charge is 0.340 e. The van der Waals surface area contributed by atoms with Crippen LogP contribution in [0.25, 0.3) is 16.5 Å². The molecule has 0 aliphatic carbocycles. The van der Waals surface area contributed by atoms with Gasteiger partial charge in [0, 0.05) is 47.7 Å². The molecule has 2 aromatic carbocycles. The second-order valence-corrected chi connectivity index (χ2v) is 8.12. The van der Waals surface area contributed by atoms with Gasteiger partial charge >= 0.3 is 0 Å². The highest BCUT2D eigenvalue weighted by Gasteiger charge is 2.23. The summed E-state index contributed by atoms with van der Waals surface area (Å²) in [6.07, 6.45) is 5.44. The minimum Gasteiger partial charge on any atom is -0.340 e. The molecule has 146 valence electrons. The molecule has 0 saturated heterocycles.